The van der Waals surface area contributed by atoms with E-state index >= 15 is 0 Å². The van der Waals surface area contributed by atoms with Crippen molar-refractivity contribution in [3.8, 4) is 0 Å². The third-order valence-corrected chi connectivity index (χ3v) is 4.52. The van der Waals surface area contributed by atoms with Gasteiger partial charge in [0.1, 0.15) is 5.69 Å². The van der Waals surface area contributed by atoms with Crippen molar-refractivity contribution in [3.05, 3.63) is 32.3 Å². The Labute approximate surface area is 128 Å². The van der Waals surface area contributed by atoms with Crippen LogP contribution in [0.1, 0.15) is 39.5 Å². The maximum absolute atomic E-state index is 11.1. The van der Waals surface area contributed by atoms with Crippen LogP contribution in [0.3, 0.4) is 0 Å². The summed E-state index contributed by atoms with van der Waals surface area (Å²) in [5.74, 6) is 0. The molecule has 0 amide bonds. The lowest BCUT2D eigenvalue weighted by Gasteiger charge is -2.36. The van der Waals surface area contributed by atoms with Crippen LogP contribution >= 0.6 is 23.2 Å². The molecule has 1 saturated carbocycles. The van der Waals surface area contributed by atoms with Gasteiger partial charge in [0.05, 0.1) is 15.0 Å². The lowest BCUT2D eigenvalue weighted by molar-refractivity contribution is -0.384. The Hall–Kier alpha value is -1.00. The van der Waals surface area contributed by atoms with E-state index in [1.54, 1.807) is 6.07 Å². The van der Waals surface area contributed by atoms with E-state index in [0.717, 1.165) is 19.3 Å². The topological polar surface area (TPSA) is 55.2 Å². The molecule has 0 spiro atoms. The third kappa shape index (κ3) is 3.55. The summed E-state index contributed by atoms with van der Waals surface area (Å²) < 4.78 is 0. The maximum atomic E-state index is 11.1. The van der Waals surface area contributed by atoms with Crippen LogP contribution in [0.15, 0.2) is 12.1 Å². The molecular weight excluding hydrogens is 299 g/mol. The van der Waals surface area contributed by atoms with E-state index < -0.39 is 4.92 Å². The van der Waals surface area contributed by atoms with E-state index in [1.807, 2.05) is 0 Å². The van der Waals surface area contributed by atoms with E-state index in [1.165, 1.54) is 12.5 Å². The number of halogens is 2. The van der Waals surface area contributed by atoms with Crippen molar-refractivity contribution in [1.82, 2.24) is 0 Å². The smallest absolute Gasteiger partial charge is 0.293 e. The molecule has 0 saturated heterocycles. The summed E-state index contributed by atoms with van der Waals surface area (Å²) in [5.41, 5.74) is 0.691. The highest BCUT2D eigenvalue weighted by atomic mass is 35.5. The summed E-state index contributed by atoms with van der Waals surface area (Å²) in [6, 6.07) is 3.08. The number of nitro benzene ring substituents is 1. The quantitative estimate of drug-likeness (QED) is 0.609. The predicted octanol–water partition coefficient (Wildman–Crippen LogP) is 5.28. The van der Waals surface area contributed by atoms with E-state index in [0.29, 0.717) is 10.7 Å². The minimum absolute atomic E-state index is 0.0252. The Morgan fingerprint density at radius 1 is 1.35 bits per heavy atom. The molecular formula is C14H18Cl2N2O2. The van der Waals surface area contributed by atoms with Crippen LogP contribution in [0, 0.1) is 15.5 Å². The molecule has 1 aromatic carbocycles. The molecule has 2 rings (SSSR count). The molecule has 20 heavy (non-hydrogen) atoms. The van der Waals surface area contributed by atoms with E-state index in [9.17, 15) is 10.1 Å². The molecule has 0 aliphatic heterocycles. The van der Waals surface area contributed by atoms with Crippen LogP contribution in [-0.4, -0.2) is 11.0 Å². The SMILES string of the molecule is CC1(C)CCCC(Nc2cc(Cl)c(Cl)cc2[N+](=O)[O-])C1. The average Bonchev–Trinajstić information content (AvgIpc) is 2.32. The van der Waals surface area contributed by atoms with Gasteiger partial charge in [0.15, 0.2) is 0 Å². The minimum atomic E-state index is -0.432. The first-order chi connectivity index (χ1) is 9.28. The highest BCUT2D eigenvalue weighted by Gasteiger charge is 2.29. The fourth-order valence-electron chi connectivity index (χ4n) is 2.84. The zero-order valence-electron chi connectivity index (χ0n) is 11.6. The molecule has 0 radical (unpaired) electrons. The Kier molecular flexibility index (Phi) is 4.45. The van der Waals surface area contributed by atoms with Crippen molar-refractivity contribution in [2.45, 2.75) is 45.6 Å². The zero-order chi connectivity index (χ0) is 14.9. The fourth-order valence-corrected chi connectivity index (χ4v) is 3.17. The average molecular weight is 317 g/mol. The van der Waals surface area contributed by atoms with E-state index in [4.69, 9.17) is 23.2 Å². The van der Waals surface area contributed by atoms with Crippen molar-refractivity contribution < 1.29 is 4.92 Å². The number of rotatable bonds is 3. The van der Waals surface area contributed by atoms with E-state index in [-0.39, 0.29) is 22.2 Å². The highest BCUT2D eigenvalue weighted by Crippen LogP contribution is 2.39. The molecule has 1 N–H and O–H groups in total. The summed E-state index contributed by atoms with van der Waals surface area (Å²) in [7, 11) is 0. The largest absolute Gasteiger partial charge is 0.377 e. The lowest BCUT2D eigenvalue weighted by Crippen LogP contribution is -2.31. The van der Waals surface area contributed by atoms with Gasteiger partial charge in [-0.25, -0.2) is 0 Å². The molecule has 0 aromatic heterocycles. The van der Waals surface area contributed by atoms with Gasteiger partial charge in [-0.3, -0.25) is 10.1 Å². The van der Waals surface area contributed by atoms with Gasteiger partial charge in [0.25, 0.3) is 5.69 Å². The van der Waals surface area contributed by atoms with Gasteiger partial charge in [-0.15, -0.1) is 0 Å². The van der Waals surface area contributed by atoms with Crippen LogP contribution in [0.4, 0.5) is 11.4 Å². The predicted molar refractivity (Wildman–Crippen MR) is 82.8 cm³/mol. The number of nitrogens with zero attached hydrogens (tertiary/aromatic N) is 1. The second kappa shape index (κ2) is 5.78. The van der Waals surface area contributed by atoms with Crippen LogP contribution in [-0.2, 0) is 0 Å². The van der Waals surface area contributed by atoms with Crippen molar-refractivity contribution >= 4 is 34.6 Å². The minimum Gasteiger partial charge on any atom is -0.377 e. The van der Waals surface area contributed by atoms with Crippen LogP contribution in [0.25, 0.3) is 0 Å². The van der Waals surface area contributed by atoms with Crippen LogP contribution < -0.4 is 5.32 Å². The Morgan fingerprint density at radius 2 is 2.00 bits per heavy atom. The van der Waals surface area contributed by atoms with Gasteiger partial charge >= 0.3 is 0 Å². The number of nitro groups is 1. The second-order valence-electron chi connectivity index (χ2n) is 6.14. The molecule has 0 heterocycles. The standard InChI is InChI=1S/C14H18Cl2N2O2/c1-14(2)5-3-4-9(8-14)17-12-6-10(15)11(16)7-13(12)18(19)20/h6-7,9,17H,3-5,8H2,1-2H3. The van der Waals surface area contributed by atoms with Gasteiger partial charge in [0, 0.05) is 12.1 Å². The van der Waals surface area contributed by atoms with Crippen molar-refractivity contribution in [2.24, 2.45) is 5.41 Å². The zero-order valence-corrected chi connectivity index (χ0v) is 13.1. The molecule has 1 atom stereocenters. The number of benzene rings is 1. The number of hydrogen-bond donors (Lipinski definition) is 1. The van der Waals surface area contributed by atoms with Gasteiger partial charge < -0.3 is 5.32 Å². The van der Waals surface area contributed by atoms with Gasteiger partial charge in [0.2, 0.25) is 0 Å². The summed E-state index contributed by atoms with van der Waals surface area (Å²) >= 11 is 11.8. The molecule has 1 aromatic rings. The number of anilines is 1. The first-order valence-electron chi connectivity index (χ1n) is 6.68. The van der Waals surface area contributed by atoms with E-state index in [2.05, 4.69) is 19.2 Å². The number of nitrogens with one attached hydrogen (secondary N) is 1. The first-order valence-corrected chi connectivity index (χ1v) is 7.44. The van der Waals surface area contributed by atoms with Crippen molar-refractivity contribution in [3.63, 3.8) is 0 Å². The normalized spacial score (nSPS) is 21.5. The molecule has 0 bridgehead atoms. The molecule has 1 aliphatic carbocycles. The Balaban J connectivity index is 2.24. The second-order valence-corrected chi connectivity index (χ2v) is 6.96. The maximum Gasteiger partial charge on any atom is 0.293 e. The van der Waals surface area contributed by atoms with Crippen molar-refractivity contribution in [2.75, 3.05) is 5.32 Å². The van der Waals surface area contributed by atoms with Gasteiger partial charge in [-0.1, -0.05) is 43.5 Å². The molecule has 1 aliphatic rings. The van der Waals surface area contributed by atoms with Crippen LogP contribution in [0.5, 0.6) is 0 Å². The Bertz CT molecular complexity index is 532. The van der Waals surface area contributed by atoms with Crippen molar-refractivity contribution in [1.29, 1.82) is 0 Å². The highest BCUT2D eigenvalue weighted by molar-refractivity contribution is 6.42. The summed E-state index contributed by atoms with van der Waals surface area (Å²) in [6.07, 6.45) is 4.32. The van der Waals surface area contributed by atoms with Crippen LogP contribution in [0.2, 0.25) is 10.0 Å². The first kappa shape index (κ1) is 15.4. The molecule has 1 unspecified atom stereocenters. The number of hydrogen-bond acceptors (Lipinski definition) is 3. The molecule has 110 valence electrons. The van der Waals surface area contributed by atoms with Gasteiger partial charge in [-0.2, -0.15) is 0 Å². The van der Waals surface area contributed by atoms with Gasteiger partial charge in [-0.05, 0) is 30.7 Å². The summed E-state index contributed by atoms with van der Waals surface area (Å²) in [6.45, 7) is 4.45. The lowest BCUT2D eigenvalue weighted by atomic mass is 9.75. The fraction of sp³-hybridized carbons (Fsp3) is 0.571. The summed E-state index contributed by atoms with van der Waals surface area (Å²) in [4.78, 5) is 10.7. The summed E-state index contributed by atoms with van der Waals surface area (Å²) in [5, 5.41) is 14.9. The molecule has 1 fully saturated rings. The monoisotopic (exact) mass is 316 g/mol. The molecule has 4 nitrogen and oxygen atoms in total. The third-order valence-electron chi connectivity index (χ3n) is 3.80. The Morgan fingerprint density at radius 3 is 2.60 bits per heavy atom. The molecule has 6 heteroatoms.